The van der Waals surface area contributed by atoms with Crippen LogP contribution in [-0.2, 0) is 0 Å². The number of anilines is 1. The quantitative estimate of drug-likeness (QED) is 0.753. The number of piperazine rings is 1. The highest BCUT2D eigenvalue weighted by Gasteiger charge is 2.32. The van der Waals surface area contributed by atoms with Gasteiger partial charge in [0.05, 0.1) is 12.0 Å². The van der Waals surface area contributed by atoms with Crippen molar-refractivity contribution in [2.75, 3.05) is 44.7 Å². The Morgan fingerprint density at radius 1 is 1.10 bits per heavy atom. The summed E-state index contributed by atoms with van der Waals surface area (Å²) in [6, 6.07) is 16.5. The number of ether oxygens (including phenoxy) is 2. The highest BCUT2D eigenvalue weighted by atomic mass is 32.2. The Kier molecular flexibility index (Phi) is 7.08. The van der Waals surface area contributed by atoms with Crippen molar-refractivity contribution in [3.63, 3.8) is 0 Å². The van der Waals surface area contributed by atoms with Crippen LogP contribution in [0, 0.1) is 0 Å². The van der Waals surface area contributed by atoms with E-state index in [1.165, 1.54) is 5.69 Å². The Balaban J connectivity index is 1.29. The predicted octanol–water partition coefficient (Wildman–Crippen LogP) is 3.90. The highest BCUT2D eigenvalue weighted by molar-refractivity contribution is 8.00. The molecule has 2 heterocycles. The highest BCUT2D eigenvalue weighted by Crippen LogP contribution is 2.41. The second-order valence-electron chi connectivity index (χ2n) is 8.09. The van der Waals surface area contributed by atoms with Crippen molar-refractivity contribution in [1.82, 2.24) is 4.90 Å². The van der Waals surface area contributed by atoms with Crippen LogP contribution in [0.1, 0.15) is 19.8 Å². The molecule has 0 spiro atoms. The average molecular weight is 429 g/mol. The van der Waals surface area contributed by atoms with Crippen molar-refractivity contribution in [2.24, 2.45) is 0 Å². The van der Waals surface area contributed by atoms with Crippen LogP contribution in [0.3, 0.4) is 0 Å². The molecule has 0 aliphatic carbocycles. The number of hydrogen-bond donors (Lipinski definition) is 1. The van der Waals surface area contributed by atoms with Crippen LogP contribution < -0.4 is 14.4 Å². The number of nitrogens with zero attached hydrogens (tertiary/aromatic N) is 2. The van der Waals surface area contributed by atoms with Crippen LogP contribution in [0.5, 0.6) is 11.5 Å². The van der Waals surface area contributed by atoms with Gasteiger partial charge in [0.25, 0.3) is 0 Å². The summed E-state index contributed by atoms with van der Waals surface area (Å²) in [4.78, 5) is 6.06. The molecule has 4 rings (SSSR count). The average Bonchev–Trinajstić information content (AvgIpc) is 2.90. The molecular weight excluding hydrogens is 396 g/mol. The monoisotopic (exact) mass is 428 g/mol. The molecule has 2 aromatic carbocycles. The maximum Gasteiger partial charge on any atom is 0.133 e. The van der Waals surface area contributed by atoms with E-state index < -0.39 is 6.10 Å². The van der Waals surface area contributed by atoms with E-state index in [1.807, 2.05) is 25.1 Å². The van der Waals surface area contributed by atoms with Gasteiger partial charge in [-0.05, 0) is 56.6 Å². The molecule has 162 valence electrons. The second kappa shape index (κ2) is 9.94. The van der Waals surface area contributed by atoms with Crippen molar-refractivity contribution in [3.8, 4) is 11.5 Å². The van der Waals surface area contributed by atoms with Crippen molar-refractivity contribution >= 4 is 17.4 Å². The summed E-state index contributed by atoms with van der Waals surface area (Å²) >= 11 is 1.72. The first-order valence-electron chi connectivity index (χ1n) is 10.9. The minimum atomic E-state index is -0.483. The molecule has 1 N–H and O–H groups in total. The molecule has 2 aliphatic heterocycles. The summed E-state index contributed by atoms with van der Waals surface area (Å²) in [5.41, 5.74) is 1.32. The molecule has 0 aromatic heterocycles. The zero-order valence-electron chi connectivity index (χ0n) is 17.9. The summed E-state index contributed by atoms with van der Waals surface area (Å²) in [7, 11) is 1.68. The Bertz CT molecular complexity index is 811. The van der Waals surface area contributed by atoms with Gasteiger partial charge in [-0.1, -0.05) is 18.2 Å². The molecular formula is C24H32N2O3S. The summed E-state index contributed by atoms with van der Waals surface area (Å²) in [5.74, 6) is 1.66. The van der Waals surface area contributed by atoms with Crippen LogP contribution in [0.25, 0.3) is 0 Å². The first-order valence-corrected chi connectivity index (χ1v) is 11.7. The van der Waals surface area contributed by atoms with Gasteiger partial charge in [-0.3, -0.25) is 4.90 Å². The number of thioether (sulfide) groups is 1. The number of benzene rings is 2. The minimum absolute atomic E-state index is 0.124. The van der Waals surface area contributed by atoms with E-state index in [1.54, 1.807) is 18.9 Å². The van der Waals surface area contributed by atoms with Crippen LogP contribution in [0.2, 0.25) is 0 Å². The van der Waals surface area contributed by atoms with E-state index in [0.717, 1.165) is 62.0 Å². The van der Waals surface area contributed by atoms with Gasteiger partial charge < -0.3 is 19.5 Å². The fourth-order valence-corrected chi connectivity index (χ4v) is 5.61. The summed E-state index contributed by atoms with van der Waals surface area (Å²) in [6.45, 7) is 7.36. The molecule has 5 nitrogen and oxygen atoms in total. The van der Waals surface area contributed by atoms with Crippen molar-refractivity contribution in [2.45, 2.75) is 42.1 Å². The maximum atomic E-state index is 10.8. The number of aliphatic hydroxyl groups excluding tert-OH is 1. The van der Waals surface area contributed by atoms with Gasteiger partial charge in [0.15, 0.2) is 0 Å². The number of para-hydroxylation sites is 1. The zero-order chi connectivity index (χ0) is 20.9. The Labute approximate surface area is 184 Å². The molecule has 3 unspecified atom stereocenters. The van der Waals surface area contributed by atoms with E-state index in [2.05, 4.69) is 40.1 Å². The molecule has 0 radical (unpaired) electrons. The van der Waals surface area contributed by atoms with Crippen LogP contribution in [0.4, 0.5) is 5.69 Å². The Hall–Kier alpha value is -1.89. The smallest absolute Gasteiger partial charge is 0.133 e. The third kappa shape index (κ3) is 5.05. The number of rotatable bonds is 6. The topological polar surface area (TPSA) is 45.2 Å². The lowest BCUT2D eigenvalue weighted by molar-refractivity contribution is 0.0451. The molecule has 0 saturated carbocycles. The number of methoxy groups -OCH3 is 1. The SMILES string of the molecule is COc1ccc2c(c1)SC(CCCN1CCN(c3ccccc3)CC1)C(O)C(C)O2. The standard InChI is InChI=1S/C24H32N2O3S/c1-18-24(27)22(30-23-17-20(28-2)10-11-21(23)29-18)9-6-12-25-13-15-26(16-14-25)19-7-4-3-5-8-19/h3-5,7-8,10-11,17-18,22,24,27H,6,9,12-16H2,1-2H3. The normalized spacial score (nSPS) is 24.6. The number of hydrogen-bond acceptors (Lipinski definition) is 6. The van der Waals surface area contributed by atoms with Crippen molar-refractivity contribution in [1.29, 1.82) is 0 Å². The number of aliphatic hydroxyl groups is 1. The summed E-state index contributed by atoms with van der Waals surface area (Å²) < 4.78 is 11.4. The third-order valence-electron chi connectivity index (χ3n) is 6.06. The van der Waals surface area contributed by atoms with Gasteiger partial charge in [-0.15, -0.1) is 11.8 Å². The molecule has 6 heteroatoms. The molecule has 1 saturated heterocycles. The maximum absolute atomic E-state index is 10.8. The van der Waals surface area contributed by atoms with E-state index in [0.29, 0.717) is 0 Å². The molecule has 3 atom stereocenters. The largest absolute Gasteiger partial charge is 0.497 e. The van der Waals surface area contributed by atoms with Gasteiger partial charge in [0, 0.05) is 37.1 Å². The van der Waals surface area contributed by atoms with Crippen molar-refractivity contribution in [3.05, 3.63) is 48.5 Å². The van der Waals surface area contributed by atoms with Crippen LogP contribution in [0.15, 0.2) is 53.4 Å². The molecule has 0 bridgehead atoms. The van der Waals surface area contributed by atoms with Crippen LogP contribution >= 0.6 is 11.8 Å². The first kappa shape index (κ1) is 21.3. The summed E-state index contributed by atoms with van der Waals surface area (Å²) in [5, 5.41) is 10.9. The summed E-state index contributed by atoms with van der Waals surface area (Å²) in [6.07, 6.45) is 1.34. The van der Waals surface area contributed by atoms with Gasteiger partial charge in [-0.2, -0.15) is 0 Å². The first-order chi connectivity index (χ1) is 14.6. The van der Waals surface area contributed by atoms with Gasteiger partial charge >= 0.3 is 0 Å². The lowest BCUT2D eigenvalue weighted by Crippen LogP contribution is -2.46. The Morgan fingerprint density at radius 2 is 1.87 bits per heavy atom. The van der Waals surface area contributed by atoms with Gasteiger partial charge in [-0.25, -0.2) is 0 Å². The van der Waals surface area contributed by atoms with Crippen LogP contribution in [-0.4, -0.2) is 67.3 Å². The molecule has 2 aliphatic rings. The van der Waals surface area contributed by atoms with E-state index in [4.69, 9.17) is 9.47 Å². The fraction of sp³-hybridized carbons (Fsp3) is 0.500. The molecule has 0 amide bonds. The third-order valence-corrected chi connectivity index (χ3v) is 7.45. The van der Waals surface area contributed by atoms with Gasteiger partial charge in [0.1, 0.15) is 23.7 Å². The predicted molar refractivity (Wildman–Crippen MR) is 123 cm³/mol. The number of fused-ring (bicyclic) bond motifs is 1. The lowest BCUT2D eigenvalue weighted by Gasteiger charge is -2.36. The Morgan fingerprint density at radius 3 is 2.60 bits per heavy atom. The molecule has 1 fully saturated rings. The van der Waals surface area contributed by atoms with E-state index in [-0.39, 0.29) is 11.4 Å². The fourth-order valence-electron chi connectivity index (χ4n) is 4.22. The molecule has 2 aromatic rings. The van der Waals surface area contributed by atoms with Gasteiger partial charge in [0.2, 0.25) is 0 Å². The van der Waals surface area contributed by atoms with E-state index >= 15 is 0 Å². The minimum Gasteiger partial charge on any atom is -0.497 e. The lowest BCUT2D eigenvalue weighted by atomic mass is 10.1. The van der Waals surface area contributed by atoms with Crippen molar-refractivity contribution < 1.29 is 14.6 Å². The molecule has 30 heavy (non-hydrogen) atoms. The zero-order valence-corrected chi connectivity index (χ0v) is 18.7. The van der Waals surface area contributed by atoms with E-state index in [9.17, 15) is 5.11 Å². The second-order valence-corrected chi connectivity index (χ2v) is 9.37.